The van der Waals surface area contributed by atoms with E-state index in [0.717, 1.165) is 19.3 Å². The van der Waals surface area contributed by atoms with Gasteiger partial charge in [-0.05, 0) is 56.4 Å². The Morgan fingerprint density at radius 1 is 1.22 bits per heavy atom. The summed E-state index contributed by atoms with van der Waals surface area (Å²) < 4.78 is 11.9. The van der Waals surface area contributed by atoms with Crippen LogP contribution in [-0.4, -0.2) is 71.3 Å². The number of anilines is 1. The van der Waals surface area contributed by atoms with Crippen molar-refractivity contribution in [2.24, 2.45) is 17.8 Å². The van der Waals surface area contributed by atoms with Crippen LogP contribution in [0.15, 0.2) is 24.3 Å². The highest BCUT2D eigenvalue weighted by atomic mass is 16.5. The lowest BCUT2D eigenvalue weighted by Gasteiger charge is -2.38. The molecule has 3 aliphatic rings. The first-order valence-electron chi connectivity index (χ1n) is 13.7. The second-order valence-electron chi connectivity index (χ2n) is 10.5. The van der Waals surface area contributed by atoms with Gasteiger partial charge in [0.05, 0.1) is 37.2 Å². The average Bonchev–Trinajstić information content (AvgIpc) is 3.53. The Labute approximate surface area is 219 Å². The van der Waals surface area contributed by atoms with Gasteiger partial charge >= 0.3 is 0 Å². The first-order chi connectivity index (χ1) is 17.8. The zero-order valence-corrected chi connectivity index (χ0v) is 22.4. The van der Waals surface area contributed by atoms with Crippen molar-refractivity contribution in [3.8, 4) is 5.75 Å². The number of fused-ring (bicyclic) bond motifs is 1. The molecule has 37 heavy (non-hydrogen) atoms. The van der Waals surface area contributed by atoms with Crippen molar-refractivity contribution < 1.29 is 29.0 Å². The summed E-state index contributed by atoms with van der Waals surface area (Å²) in [5.74, 6) is -1.62. The first-order valence-corrected chi connectivity index (χ1v) is 13.7. The fourth-order valence-electron chi connectivity index (χ4n) is 6.37. The SMILES string of the molecule is CCCCNC(=O)C1N([C@@H](CO)[C@@H](C)CC)C(=O)[C@@H]2[C@@H](C(=O)Nc3ccc(OCC)cc3)[C@H]3CCC12O3. The van der Waals surface area contributed by atoms with Gasteiger partial charge in [-0.15, -0.1) is 0 Å². The monoisotopic (exact) mass is 515 g/mol. The van der Waals surface area contributed by atoms with Crippen molar-refractivity contribution in [1.29, 1.82) is 0 Å². The van der Waals surface area contributed by atoms with Gasteiger partial charge in [0.15, 0.2) is 0 Å². The third kappa shape index (κ3) is 4.83. The number of rotatable bonds is 12. The minimum atomic E-state index is -1.07. The number of hydrogen-bond donors (Lipinski definition) is 3. The summed E-state index contributed by atoms with van der Waals surface area (Å²) in [5, 5.41) is 16.3. The highest BCUT2D eigenvalue weighted by molar-refractivity contribution is 6.02. The number of nitrogens with zero attached hydrogens (tertiary/aromatic N) is 1. The molecule has 2 bridgehead atoms. The van der Waals surface area contributed by atoms with Crippen LogP contribution in [0.5, 0.6) is 5.75 Å². The van der Waals surface area contributed by atoms with Crippen LogP contribution in [0.2, 0.25) is 0 Å². The third-order valence-electron chi connectivity index (χ3n) is 8.40. The Morgan fingerprint density at radius 3 is 2.57 bits per heavy atom. The molecule has 3 saturated heterocycles. The number of unbranched alkanes of at least 4 members (excludes halogenated alkanes) is 1. The molecule has 3 fully saturated rings. The van der Waals surface area contributed by atoms with Crippen molar-refractivity contribution in [3.63, 3.8) is 0 Å². The van der Waals surface area contributed by atoms with Gasteiger partial charge in [0, 0.05) is 12.2 Å². The number of likely N-dealkylation sites (tertiary alicyclic amines) is 1. The van der Waals surface area contributed by atoms with Gasteiger partial charge in [-0.25, -0.2) is 0 Å². The fraction of sp³-hybridized carbons (Fsp3) is 0.679. The Morgan fingerprint density at radius 2 is 1.95 bits per heavy atom. The highest BCUT2D eigenvalue weighted by Crippen LogP contribution is 2.59. The van der Waals surface area contributed by atoms with Crippen molar-refractivity contribution in [2.45, 2.75) is 83.6 Å². The summed E-state index contributed by atoms with van der Waals surface area (Å²) in [4.78, 5) is 42.8. The van der Waals surface area contributed by atoms with E-state index in [1.54, 1.807) is 29.2 Å². The Bertz CT molecular complexity index is 985. The van der Waals surface area contributed by atoms with Crippen LogP contribution in [0, 0.1) is 17.8 Å². The maximum Gasteiger partial charge on any atom is 0.245 e. The van der Waals surface area contributed by atoms with Crippen LogP contribution < -0.4 is 15.4 Å². The lowest BCUT2D eigenvalue weighted by molar-refractivity contribution is -0.146. The van der Waals surface area contributed by atoms with Crippen LogP contribution in [0.3, 0.4) is 0 Å². The summed E-state index contributed by atoms with van der Waals surface area (Å²) in [7, 11) is 0. The number of benzene rings is 1. The van der Waals surface area contributed by atoms with Crippen LogP contribution >= 0.6 is 0 Å². The van der Waals surface area contributed by atoms with Crippen molar-refractivity contribution in [2.75, 3.05) is 25.1 Å². The molecule has 9 heteroatoms. The minimum absolute atomic E-state index is 0.0246. The smallest absolute Gasteiger partial charge is 0.245 e. The van der Waals surface area contributed by atoms with Gasteiger partial charge in [-0.3, -0.25) is 14.4 Å². The molecule has 204 valence electrons. The molecular weight excluding hydrogens is 474 g/mol. The molecule has 1 aromatic rings. The van der Waals surface area contributed by atoms with Crippen LogP contribution in [0.25, 0.3) is 0 Å². The van der Waals surface area contributed by atoms with Gasteiger partial charge in [-0.1, -0.05) is 33.6 Å². The molecule has 0 saturated carbocycles. The van der Waals surface area contributed by atoms with Crippen LogP contribution in [0.4, 0.5) is 5.69 Å². The van der Waals surface area contributed by atoms with E-state index in [0.29, 0.717) is 37.4 Å². The van der Waals surface area contributed by atoms with E-state index in [-0.39, 0.29) is 30.2 Å². The van der Waals surface area contributed by atoms with E-state index in [1.165, 1.54) is 0 Å². The lowest BCUT2D eigenvalue weighted by atomic mass is 9.70. The predicted octanol–water partition coefficient (Wildman–Crippen LogP) is 2.72. The summed E-state index contributed by atoms with van der Waals surface area (Å²) in [6.45, 7) is 8.73. The number of aliphatic hydroxyl groups is 1. The topological polar surface area (TPSA) is 117 Å². The molecule has 3 amide bonds. The molecule has 3 heterocycles. The molecule has 3 aliphatic heterocycles. The fourth-order valence-corrected chi connectivity index (χ4v) is 6.37. The normalized spacial score (nSPS) is 29.6. The molecule has 0 aliphatic carbocycles. The van der Waals surface area contributed by atoms with E-state index in [9.17, 15) is 19.5 Å². The molecule has 1 aromatic carbocycles. The summed E-state index contributed by atoms with van der Waals surface area (Å²) in [6, 6.07) is 5.71. The van der Waals surface area contributed by atoms with Crippen LogP contribution in [-0.2, 0) is 19.1 Å². The summed E-state index contributed by atoms with van der Waals surface area (Å²) >= 11 is 0. The molecule has 4 rings (SSSR count). The Kier molecular flexibility index (Phi) is 8.43. The molecule has 7 atom stereocenters. The van der Waals surface area contributed by atoms with Crippen molar-refractivity contribution >= 4 is 23.4 Å². The lowest BCUT2D eigenvalue weighted by Crippen LogP contribution is -2.59. The second-order valence-corrected chi connectivity index (χ2v) is 10.5. The van der Waals surface area contributed by atoms with E-state index in [2.05, 4.69) is 10.6 Å². The zero-order valence-electron chi connectivity index (χ0n) is 22.4. The van der Waals surface area contributed by atoms with Gasteiger partial charge in [0.25, 0.3) is 0 Å². The van der Waals surface area contributed by atoms with Gasteiger partial charge in [-0.2, -0.15) is 0 Å². The number of ether oxygens (including phenoxy) is 2. The molecule has 0 aromatic heterocycles. The van der Waals surface area contributed by atoms with E-state index in [4.69, 9.17) is 9.47 Å². The molecule has 0 radical (unpaired) electrons. The van der Waals surface area contributed by atoms with Crippen molar-refractivity contribution in [1.82, 2.24) is 10.2 Å². The minimum Gasteiger partial charge on any atom is -0.494 e. The van der Waals surface area contributed by atoms with E-state index in [1.807, 2.05) is 27.7 Å². The number of aliphatic hydroxyl groups excluding tert-OH is 1. The highest BCUT2D eigenvalue weighted by Gasteiger charge is 2.75. The quantitative estimate of drug-likeness (QED) is 0.369. The average molecular weight is 516 g/mol. The molecular formula is C28H41N3O6. The predicted molar refractivity (Wildman–Crippen MR) is 139 cm³/mol. The number of nitrogens with one attached hydrogen (secondary N) is 2. The standard InChI is InChI=1S/C28H41N3O6/c1-5-8-15-29-26(34)24-28-14-13-21(37-28)22(23(28)27(35)31(24)20(16-32)17(4)6-2)25(33)30-18-9-11-19(12-10-18)36-7-3/h9-12,17,20-24,32H,5-8,13-16H2,1-4H3,(H,29,34)(H,30,33)/t17-,20-,21+,22-,23-,24?,28?/m0/s1. The Balaban J connectivity index is 1.64. The number of hydrogen-bond acceptors (Lipinski definition) is 6. The van der Waals surface area contributed by atoms with Gasteiger partial charge in [0.1, 0.15) is 17.4 Å². The first kappa shape index (κ1) is 27.4. The van der Waals surface area contributed by atoms with Crippen LogP contribution in [0.1, 0.15) is 59.8 Å². The maximum atomic E-state index is 14.1. The largest absolute Gasteiger partial charge is 0.494 e. The number of carbonyl (C=O) groups is 3. The molecule has 9 nitrogen and oxygen atoms in total. The Hall–Kier alpha value is -2.65. The van der Waals surface area contributed by atoms with Gasteiger partial charge < -0.3 is 30.1 Å². The van der Waals surface area contributed by atoms with E-state index >= 15 is 0 Å². The zero-order chi connectivity index (χ0) is 26.7. The second kappa shape index (κ2) is 11.4. The van der Waals surface area contributed by atoms with Crippen molar-refractivity contribution in [3.05, 3.63) is 24.3 Å². The number of carbonyl (C=O) groups excluding carboxylic acids is 3. The third-order valence-corrected chi connectivity index (χ3v) is 8.40. The maximum absolute atomic E-state index is 14.1. The molecule has 2 unspecified atom stereocenters. The summed E-state index contributed by atoms with van der Waals surface area (Å²) in [6.07, 6.45) is 3.20. The van der Waals surface area contributed by atoms with Gasteiger partial charge in [0.2, 0.25) is 17.7 Å². The molecule has 1 spiro atoms. The summed E-state index contributed by atoms with van der Waals surface area (Å²) in [5.41, 5.74) is -0.464. The molecule has 3 N–H and O–H groups in total. The van der Waals surface area contributed by atoms with E-state index < -0.39 is 35.6 Å². The number of amides is 3.